The number of furan rings is 1. The molecule has 0 saturated heterocycles. The van der Waals surface area contributed by atoms with Gasteiger partial charge in [0, 0.05) is 31.2 Å². The standard InChI is InChI=1S/C17H22N2O/c1-13(11-15-6-4-10-20-15)19-12-14-5-2-8-17-16(14)7-3-9-18-17/h2,4-6,8,10,13,18-19H,3,7,9,11-12H2,1H3. The zero-order valence-corrected chi connectivity index (χ0v) is 12.0. The van der Waals surface area contributed by atoms with Gasteiger partial charge in [-0.2, -0.15) is 0 Å². The summed E-state index contributed by atoms with van der Waals surface area (Å²) in [5, 5.41) is 7.08. The van der Waals surface area contributed by atoms with Gasteiger partial charge in [0.2, 0.25) is 0 Å². The number of nitrogens with one attached hydrogen (secondary N) is 2. The molecule has 0 spiro atoms. The number of hydrogen-bond acceptors (Lipinski definition) is 3. The van der Waals surface area contributed by atoms with Crippen LogP contribution in [0.2, 0.25) is 0 Å². The van der Waals surface area contributed by atoms with E-state index in [4.69, 9.17) is 4.42 Å². The Kier molecular flexibility index (Phi) is 4.07. The summed E-state index contributed by atoms with van der Waals surface area (Å²) in [7, 11) is 0. The molecule has 0 bridgehead atoms. The van der Waals surface area contributed by atoms with Crippen molar-refractivity contribution in [3.05, 3.63) is 53.5 Å². The molecule has 1 aromatic heterocycles. The molecule has 1 aromatic carbocycles. The first-order chi connectivity index (χ1) is 9.83. The molecule has 2 N–H and O–H groups in total. The van der Waals surface area contributed by atoms with Gasteiger partial charge in [0.15, 0.2) is 0 Å². The molecule has 2 aromatic rings. The van der Waals surface area contributed by atoms with Gasteiger partial charge in [0.05, 0.1) is 6.26 Å². The van der Waals surface area contributed by atoms with E-state index in [0.29, 0.717) is 6.04 Å². The molecule has 3 heteroatoms. The van der Waals surface area contributed by atoms with Crippen LogP contribution in [0, 0.1) is 0 Å². The lowest BCUT2D eigenvalue weighted by Crippen LogP contribution is -2.28. The predicted molar refractivity (Wildman–Crippen MR) is 82.0 cm³/mol. The quantitative estimate of drug-likeness (QED) is 0.875. The van der Waals surface area contributed by atoms with E-state index in [0.717, 1.165) is 25.3 Å². The minimum absolute atomic E-state index is 0.411. The van der Waals surface area contributed by atoms with Crippen molar-refractivity contribution in [3.63, 3.8) is 0 Å². The molecule has 1 unspecified atom stereocenters. The smallest absolute Gasteiger partial charge is 0.105 e. The van der Waals surface area contributed by atoms with E-state index in [9.17, 15) is 0 Å². The van der Waals surface area contributed by atoms with Gasteiger partial charge in [-0.25, -0.2) is 0 Å². The Labute approximate surface area is 120 Å². The van der Waals surface area contributed by atoms with Crippen molar-refractivity contribution < 1.29 is 4.42 Å². The molecule has 0 aliphatic carbocycles. The molecule has 106 valence electrons. The monoisotopic (exact) mass is 270 g/mol. The summed E-state index contributed by atoms with van der Waals surface area (Å²) >= 11 is 0. The van der Waals surface area contributed by atoms with Gasteiger partial charge in [-0.15, -0.1) is 0 Å². The maximum Gasteiger partial charge on any atom is 0.105 e. The SMILES string of the molecule is CC(Cc1ccco1)NCc1cccc2c1CCCN2. The molecule has 0 fully saturated rings. The van der Waals surface area contributed by atoms with Crippen LogP contribution in [0.25, 0.3) is 0 Å². The van der Waals surface area contributed by atoms with E-state index in [-0.39, 0.29) is 0 Å². The Bertz CT molecular complexity index is 548. The minimum atomic E-state index is 0.411. The fourth-order valence-electron chi connectivity index (χ4n) is 2.84. The molecule has 3 nitrogen and oxygen atoms in total. The maximum atomic E-state index is 5.40. The molecule has 0 saturated carbocycles. The molecule has 3 rings (SSSR count). The van der Waals surface area contributed by atoms with E-state index < -0.39 is 0 Å². The van der Waals surface area contributed by atoms with Crippen LogP contribution >= 0.6 is 0 Å². The highest BCUT2D eigenvalue weighted by molar-refractivity contribution is 5.56. The van der Waals surface area contributed by atoms with Crippen LogP contribution in [0.15, 0.2) is 41.0 Å². The average molecular weight is 270 g/mol. The number of hydrogen-bond donors (Lipinski definition) is 2. The van der Waals surface area contributed by atoms with E-state index in [1.165, 1.54) is 29.7 Å². The number of fused-ring (bicyclic) bond motifs is 1. The average Bonchev–Trinajstić information content (AvgIpc) is 2.98. The molecule has 1 aliphatic rings. The number of benzene rings is 1. The Hall–Kier alpha value is -1.74. The van der Waals surface area contributed by atoms with Crippen LogP contribution in [-0.2, 0) is 19.4 Å². The predicted octanol–water partition coefficient (Wildman–Crippen LogP) is 3.36. The maximum absolute atomic E-state index is 5.40. The van der Waals surface area contributed by atoms with Gasteiger partial charge < -0.3 is 15.1 Å². The minimum Gasteiger partial charge on any atom is -0.469 e. The first kappa shape index (κ1) is 13.3. The van der Waals surface area contributed by atoms with Crippen LogP contribution in [-0.4, -0.2) is 12.6 Å². The van der Waals surface area contributed by atoms with Gasteiger partial charge in [0.1, 0.15) is 5.76 Å². The molecule has 20 heavy (non-hydrogen) atoms. The lowest BCUT2D eigenvalue weighted by Gasteiger charge is -2.22. The zero-order chi connectivity index (χ0) is 13.8. The van der Waals surface area contributed by atoms with Gasteiger partial charge in [-0.1, -0.05) is 12.1 Å². The first-order valence-corrected chi connectivity index (χ1v) is 7.43. The lowest BCUT2D eigenvalue weighted by molar-refractivity contribution is 0.456. The lowest BCUT2D eigenvalue weighted by atomic mass is 9.97. The highest BCUT2D eigenvalue weighted by Crippen LogP contribution is 2.25. The Morgan fingerprint density at radius 1 is 1.30 bits per heavy atom. The van der Waals surface area contributed by atoms with Crippen molar-refractivity contribution in [2.45, 2.75) is 38.8 Å². The van der Waals surface area contributed by atoms with Gasteiger partial charge in [-0.3, -0.25) is 0 Å². The van der Waals surface area contributed by atoms with Crippen LogP contribution in [0.4, 0.5) is 5.69 Å². The Balaban J connectivity index is 1.61. The highest BCUT2D eigenvalue weighted by Gasteiger charge is 2.13. The van der Waals surface area contributed by atoms with Crippen molar-refractivity contribution in [2.75, 3.05) is 11.9 Å². The largest absolute Gasteiger partial charge is 0.469 e. The second-order valence-corrected chi connectivity index (χ2v) is 5.54. The van der Waals surface area contributed by atoms with E-state index in [1.54, 1.807) is 6.26 Å². The first-order valence-electron chi connectivity index (χ1n) is 7.43. The summed E-state index contributed by atoms with van der Waals surface area (Å²) in [6.45, 7) is 4.22. The van der Waals surface area contributed by atoms with E-state index in [1.807, 2.05) is 12.1 Å². The van der Waals surface area contributed by atoms with Crippen molar-refractivity contribution in [2.24, 2.45) is 0 Å². The molecular weight excluding hydrogens is 248 g/mol. The highest BCUT2D eigenvalue weighted by atomic mass is 16.3. The molecule has 1 atom stereocenters. The van der Waals surface area contributed by atoms with Crippen molar-refractivity contribution in [3.8, 4) is 0 Å². The fourth-order valence-corrected chi connectivity index (χ4v) is 2.84. The molecule has 2 heterocycles. The third-order valence-corrected chi connectivity index (χ3v) is 3.92. The van der Waals surface area contributed by atoms with Crippen LogP contribution in [0.5, 0.6) is 0 Å². The van der Waals surface area contributed by atoms with E-state index in [2.05, 4.69) is 35.8 Å². The molecule has 0 radical (unpaired) electrons. The number of anilines is 1. The third-order valence-electron chi connectivity index (χ3n) is 3.92. The van der Waals surface area contributed by atoms with Crippen LogP contribution in [0.1, 0.15) is 30.2 Å². The summed E-state index contributed by atoms with van der Waals surface area (Å²) in [4.78, 5) is 0. The van der Waals surface area contributed by atoms with Crippen molar-refractivity contribution in [1.29, 1.82) is 0 Å². The zero-order valence-electron chi connectivity index (χ0n) is 12.0. The molecule has 0 amide bonds. The molecular formula is C17H22N2O. The Morgan fingerprint density at radius 2 is 2.25 bits per heavy atom. The second-order valence-electron chi connectivity index (χ2n) is 5.54. The van der Waals surface area contributed by atoms with Crippen LogP contribution < -0.4 is 10.6 Å². The summed E-state index contributed by atoms with van der Waals surface area (Å²) in [5.41, 5.74) is 4.21. The Morgan fingerprint density at radius 3 is 3.10 bits per heavy atom. The van der Waals surface area contributed by atoms with Crippen molar-refractivity contribution in [1.82, 2.24) is 5.32 Å². The topological polar surface area (TPSA) is 37.2 Å². The normalized spacial score (nSPS) is 15.4. The molecule has 1 aliphatic heterocycles. The second kappa shape index (κ2) is 6.14. The summed E-state index contributed by atoms with van der Waals surface area (Å²) in [6, 6.07) is 11.0. The van der Waals surface area contributed by atoms with E-state index >= 15 is 0 Å². The number of rotatable bonds is 5. The van der Waals surface area contributed by atoms with Crippen molar-refractivity contribution >= 4 is 5.69 Å². The third kappa shape index (κ3) is 3.05. The van der Waals surface area contributed by atoms with Gasteiger partial charge >= 0.3 is 0 Å². The fraction of sp³-hybridized carbons (Fsp3) is 0.412. The summed E-state index contributed by atoms with van der Waals surface area (Å²) in [5.74, 6) is 1.04. The summed E-state index contributed by atoms with van der Waals surface area (Å²) in [6.07, 6.45) is 5.08. The summed E-state index contributed by atoms with van der Waals surface area (Å²) < 4.78 is 5.40. The van der Waals surface area contributed by atoms with Crippen LogP contribution in [0.3, 0.4) is 0 Å². The van der Waals surface area contributed by atoms with Gasteiger partial charge in [0.25, 0.3) is 0 Å². The van der Waals surface area contributed by atoms with Gasteiger partial charge in [-0.05, 0) is 49.1 Å².